The average Bonchev–Trinajstić information content (AvgIpc) is 3.13. The van der Waals surface area contributed by atoms with Crippen LogP contribution in [0.2, 0.25) is 5.02 Å². The summed E-state index contributed by atoms with van der Waals surface area (Å²) in [5.74, 6) is -3.95. The highest BCUT2D eigenvalue weighted by molar-refractivity contribution is 6.32. The Kier molecular flexibility index (Phi) is 5.50. The van der Waals surface area contributed by atoms with Gasteiger partial charge in [-0.25, -0.2) is 0 Å². The van der Waals surface area contributed by atoms with Crippen molar-refractivity contribution in [1.29, 1.82) is 0 Å². The molecule has 4 rings (SSSR count). The lowest BCUT2D eigenvalue weighted by Gasteiger charge is -2.36. The van der Waals surface area contributed by atoms with Crippen molar-refractivity contribution in [1.82, 2.24) is 4.98 Å². The molecule has 0 radical (unpaired) electrons. The molecule has 31 heavy (non-hydrogen) atoms. The fraction of sp³-hybridized carbons (Fsp3) is 0.250. The molecule has 0 saturated carbocycles. The Bertz CT molecular complexity index is 1150. The molecule has 1 N–H and O–H groups in total. The molecule has 2 heterocycles. The number of aromatic nitrogens is 1. The van der Waals surface area contributed by atoms with Gasteiger partial charge in [-0.05, 0) is 29.3 Å². The van der Waals surface area contributed by atoms with Crippen molar-refractivity contribution in [3.05, 3.63) is 77.5 Å². The summed E-state index contributed by atoms with van der Waals surface area (Å²) in [5, 5.41) is 1.25. The number of carbonyl (C=O) groups excluding carboxylic acids is 2. The Morgan fingerprint density at radius 1 is 1.19 bits per heavy atom. The lowest BCUT2D eigenvalue weighted by molar-refractivity contribution is -0.240. The summed E-state index contributed by atoms with van der Waals surface area (Å²) < 4.78 is 16.4. The SMILES string of the molecule is C=CCOc1ccc([C@@H](c2c[nH]c3ccccc23)C2C(=O)OC(C)(C)OC2=O)cc1Cl. The van der Waals surface area contributed by atoms with Crippen LogP contribution in [0.25, 0.3) is 10.9 Å². The molecule has 1 atom stereocenters. The van der Waals surface area contributed by atoms with Gasteiger partial charge in [-0.15, -0.1) is 0 Å². The highest BCUT2D eigenvalue weighted by atomic mass is 35.5. The Morgan fingerprint density at radius 2 is 1.90 bits per heavy atom. The van der Waals surface area contributed by atoms with E-state index < -0.39 is 29.6 Å². The summed E-state index contributed by atoms with van der Waals surface area (Å²) >= 11 is 6.45. The van der Waals surface area contributed by atoms with Crippen LogP contribution in [0.5, 0.6) is 5.75 Å². The van der Waals surface area contributed by atoms with Crippen LogP contribution < -0.4 is 4.74 Å². The Labute approximate surface area is 184 Å². The second-order valence-corrected chi connectivity index (χ2v) is 8.18. The van der Waals surface area contributed by atoms with Gasteiger partial charge in [0.1, 0.15) is 12.4 Å². The summed E-state index contributed by atoms with van der Waals surface area (Å²) in [6.45, 7) is 7.00. The maximum Gasteiger partial charge on any atom is 0.324 e. The summed E-state index contributed by atoms with van der Waals surface area (Å²) in [4.78, 5) is 29.1. The first-order valence-corrected chi connectivity index (χ1v) is 10.2. The summed E-state index contributed by atoms with van der Waals surface area (Å²) in [6, 6.07) is 12.9. The number of rotatable bonds is 6. The fourth-order valence-corrected chi connectivity index (χ4v) is 4.12. The van der Waals surface area contributed by atoms with Crippen molar-refractivity contribution < 1.29 is 23.8 Å². The van der Waals surface area contributed by atoms with Gasteiger partial charge in [0.2, 0.25) is 0 Å². The number of hydrogen-bond donors (Lipinski definition) is 1. The zero-order valence-electron chi connectivity index (χ0n) is 17.2. The van der Waals surface area contributed by atoms with Gasteiger partial charge < -0.3 is 19.2 Å². The van der Waals surface area contributed by atoms with E-state index in [1.54, 1.807) is 30.5 Å². The van der Waals surface area contributed by atoms with Gasteiger partial charge in [0, 0.05) is 36.9 Å². The monoisotopic (exact) mass is 439 g/mol. The van der Waals surface area contributed by atoms with Crippen LogP contribution in [0.15, 0.2) is 61.3 Å². The smallest absolute Gasteiger partial charge is 0.324 e. The van der Waals surface area contributed by atoms with Gasteiger partial charge in [0.15, 0.2) is 5.92 Å². The predicted molar refractivity (Wildman–Crippen MR) is 117 cm³/mol. The molecule has 160 valence electrons. The van der Waals surface area contributed by atoms with Crippen LogP contribution in [0.4, 0.5) is 0 Å². The molecule has 2 aromatic carbocycles. The molecule has 0 bridgehead atoms. The van der Waals surface area contributed by atoms with Gasteiger partial charge in [0.25, 0.3) is 5.79 Å². The number of aromatic amines is 1. The zero-order valence-corrected chi connectivity index (χ0v) is 17.9. The first-order chi connectivity index (χ1) is 14.8. The minimum Gasteiger partial charge on any atom is -0.488 e. The standard InChI is InChI=1S/C24H22ClNO5/c1-4-11-29-19-10-9-14(12-17(19)25)20(16-13-26-18-8-6-5-7-15(16)18)21-22(27)30-24(2,3)31-23(21)28/h4-10,12-13,20-21,26H,1,11H2,2-3H3/t20-/m0/s1. The number of carbonyl (C=O) groups is 2. The predicted octanol–water partition coefficient (Wildman–Crippen LogP) is 4.97. The van der Waals surface area contributed by atoms with E-state index in [9.17, 15) is 9.59 Å². The normalized spacial score (nSPS) is 17.1. The first kappa shape index (κ1) is 21.0. The third-order valence-electron chi connectivity index (χ3n) is 5.16. The second-order valence-electron chi connectivity index (χ2n) is 7.78. The number of esters is 2. The molecule has 3 aromatic rings. The molecule has 0 spiro atoms. The van der Waals surface area contributed by atoms with Crippen LogP contribution in [-0.2, 0) is 19.1 Å². The Hall–Kier alpha value is -3.25. The number of nitrogens with one attached hydrogen (secondary N) is 1. The topological polar surface area (TPSA) is 77.6 Å². The molecule has 7 heteroatoms. The molecule has 1 saturated heterocycles. The van der Waals surface area contributed by atoms with Gasteiger partial charge in [-0.2, -0.15) is 0 Å². The molecule has 1 fully saturated rings. The molecule has 1 aliphatic heterocycles. The maximum atomic E-state index is 13.0. The van der Waals surface area contributed by atoms with Crippen molar-refractivity contribution >= 4 is 34.4 Å². The fourth-order valence-electron chi connectivity index (χ4n) is 3.88. The number of ether oxygens (including phenoxy) is 3. The van der Waals surface area contributed by atoms with Crippen LogP contribution in [-0.4, -0.2) is 29.3 Å². The van der Waals surface area contributed by atoms with Gasteiger partial charge in [-0.1, -0.05) is 48.5 Å². The molecule has 1 aromatic heterocycles. The van der Waals surface area contributed by atoms with Crippen molar-refractivity contribution in [2.45, 2.75) is 25.6 Å². The van der Waals surface area contributed by atoms with Crippen LogP contribution >= 0.6 is 11.6 Å². The van der Waals surface area contributed by atoms with Crippen molar-refractivity contribution in [3.8, 4) is 5.75 Å². The highest BCUT2D eigenvalue weighted by Gasteiger charge is 2.48. The molecule has 6 nitrogen and oxygen atoms in total. The number of halogens is 1. The molecule has 0 unspecified atom stereocenters. The average molecular weight is 440 g/mol. The minimum atomic E-state index is -1.31. The van der Waals surface area contributed by atoms with Gasteiger partial charge in [-0.3, -0.25) is 9.59 Å². The summed E-state index contributed by atoms with van der Waals surface area (Å²) in [7, 11) is 0. The van der Waals surface area contributed by atoms with E-state index in [1.807, 2.05) is 24.3 Å². The van der Waals surface area contributed by atoms with E-state index >= 15 is 0 Å². The minimum absolute atomic E-state index is 0.307. The number of para-hydroxylation sites is 1. The van der Waals surface area contributed by atoms with E-state index in [0.29, 0.717) is 22.9 Å². The highest BCUT2D eigenvalue weighted by Crippen LogP contribution is 2.42. The van der Waals surface area contributed by atoms with Gasteiger partial charge >= 0.3 is 11.9 Å². The summed E-state index contributed by atoms with van der Waals surface area (Å²) in [5.41, 5.74) is 2.32. The van der Waals surface area contributed by atoms with Crippen LogP contribution in [0, 0.1) is 5.92 Å². The van der Waals surface area contributed by atoms with E-state index in [0.717, 1.165) is 16.5 Å². The molecular weight excluding hydrogens is 418 g/mol. The zero-order chi connectivity index (χ0) is 22.2. The van der Waals surface area contributed by atoms with Crippen molar-refractivity contribution in [2.75, 3.05) is 6.61 Å². The number of H-pyrrole nitrogens is 1. The molecular formula is C24H22ClNO5. The third-order valence-corrected chi connectivity index (χ3v) is 5.46. The van der Waals surface area contributed by atoms with Crippen LogP contribution in [0.1, 0.15) is 30.9 Å². The van der Waals surface area contributed by atoms with E-state index in [-0.39, 0.29) is 0 Å². The Balaban J connectivity index is 1.84. The molecule has 0 aliphatic carbocycles. The summed E-state index contributed by atoms with van der Waals surface area (Å²) in [6.07, 6.45) is 3.42. The van der Waals surface area contributed by atoms with E-state index in [2.05, 4.69) is 11.6 Å². The number of cyclic esters (lactones) is 2. The Morgan fingerprint density at radius 3 is 2.58 bits per heavy atom. The second kappa shape index (κ2) is 8.12. The van der Waals surface area contributed by atoms with E-state index in [4.69, 9.17) is 25.8 Å². The third kappa shape index (κ3) is 4.03. The van der Waals surface area contributed by atoms with Crippen molar-refractivity contribution in [2.24, 2.45) is 5.92 Å². The van der Waals surface area contributed by atoms with Crippen molar-refractivity contribution in [3.63, 3.8) is 0 Å². The van der Waals surface area contributed by atoms with Crippen LogP contribution in [0.3, 0.4) is 0 Å². The lowest BCUT2D eigenvalue weighted by Crippen LogP contribution is -2.48. The number of hydrogen-bond acceptors (Lipinski definition) is 5. The number of benzene rings is 2. The first-order valence-electron chi connectivity index (χ1n) is 9.85. The molecule has 1 aliphatic rings. The molecule has 0 amide bonds. The largest absolute Gasteiger partial charge is 0.488 e. The number of fused-ring (bicyclic) bond motifs is 1. The lowest BCUT2D eigenvalue weighted by atomic mass is 9.80. The van der Waals surface area contributed by atoms with Gasteiger partial charge in [0.05, 0.1) is 5.02 Å². The van der Waals surface area contributed by atoms with E-state index in [1.165, 1.54) is 13.8 Å². The maximum absolute atomic E-state index is 13.0. The quantitative estimate of drug-likeness (QED) is 0.333.